The molecule has 0 saturated heterocycles. The average Bonchev–Trinajstić information content (AvgIpc) is 2.71. The first-order valence-corrected chi connectivity index (χ1v) is 11.1. The molecule has 0 radical (unpaired) electrons. The molecule has 2 aromatic rings. The van der Waals surface area contributed by atoms with Crippen LogP contribution in [0.4, 0.5) is 5.69 Å². The molecule has 0 aliphatic heterocycles. The Kier molecular flexibility index (Phi) is 7.49. The van der Waals surface area contributed by atoms with E-state index in [1.54, 1.807) is 18.2 Å². The van der Waals surface area contributed by atoms with Crippen molar-refractivity contribution in [1.29, 1.82) is 0 Å². The van der Waals surface area contributed by atoms with Gasteiger partial charge in [0.2, 0.25) is 0 Å². The molecule has 9 heteroatoms. The van der Waals surface area contributed by atoms with Crippen molar-refractivity contribution in [2.75, 3.05) is 18.0 Å². The zero-order valence-electron chi connectivity index (χ0n) is 17.3. The summed E-state index contributed by atoms with van der Waals surface area (Å²) in [5.74, 6) is -1.22. The number of sulfonamides is 1. The van der Waals surface area contributed by atoms with Crippen molar-refractivity contribution in [2.24, 2.45) is 0 Å². The van der Waals surface area contributed by atoms with Gasteiger partial charge in [-0.3, -0.25) is 9.10 Å². The third-order valence-corrected chi connectivity index (χ3v) is 6.61. The topological polar surface area (TPSA) is 92.8 Å². The van der Waals surface area contributed by atoms with Crippen molar-refractivity contribution in [2.45, 2.75) is 37.6 Å². The Balaban J connectivity index is 2.15. The smallest absolute Gasteiger partial charge is 0.338 e. The monoisotopic (exact) mass is 452 g/mol. The number of hydrogen-bond acceptors (Lipinski definition) is 5. The molecule has 0 fully saturated rings. The van der Waals surface area contributed by atoms with Gasteiger partial charge in [-0.15, -0.1) is 0 Å². The average molecular weight is 453 g/mol. The highest BCUT2D eigenvalue weighted by Crippen LogP contribution is 2.25. The van der Waals surface area contributed by atoms with Crippen LogP contribution in [0.3, 0.4) is 0 Å². The van der Waals surface area contributed by atoms with Crippen molar-refractivity contribution in [3.05, 3.63) is 59.1 Å². The standard InChI is InChI=1S/C21H25ClN2O5S/c1-5-21(2,3)23-19(25)14-29-20(26)15-8-6-11-18(12-15)30(27,28)24(4)17-10-7-9-16(22)13-17/h6-13H,5,14H2,1-4H3,(H,23,25). The van der Waals surface area contributed by atoms with Crippen LogP contribution in [0.2, 0.25) is 5.02 Å². The molecule has 7 nitrogen and oxygen atoms in total. The molecule has 0 atom stereocenters. The zero-order valence-corrected chi connectivity index (χ0v) is 18.9. The second-order valence-corrected chi connectivity index (χ2v) is 9.75. The minimum atomic E-state index is -3.94. The van der Waals surface area contributed by atoms with E-state index in [2.05, 4.69) is 5.32 Å². The molecule has 0 unspecified atom stereocenters. The van der Waals surface area contributed by atoms with Crippen LogP contribution in [0.5, 0.6) is 0 Å². The van der Waals surface area contributed by atoms with Gasteiger partial charge >= 0.3 is 5.97 Å². The fraction of sp³-hybridized carbons (Fsp3) is 0.333. The molecule has 0 heterocycles. The van der Waals surface area contributed by atoms with Gasteiger partial charge in [-0.25, -0.2) is 13.2 Å². The van der Waals surface area contributed by atoms with Gasteiger partial charge in [0.25, 0.3) is 15.9 Å². The number of amides is 1. The maximum Gasteiger partial charge on any atom is 0.338 e. The van der Waals surface area contributed by atoms with E-state index in [-0.39, 0.29) is 10.5 Å². The molecule has 0 spiro atoms. The van der Waals surface area contributed by atoms with Crippen LogP contribution < -0.4 is 9.62 Å². The predicted octanol–water partition coefficient (Wildman–Crippen LogP) is 3.63. The van der Waals surface area contributed by atoms with E-state index < -0.39 is 34.0 Å². The fourth-order valence-electron chi connectivity index (χ4n) is 2.47. The summed E-state index contributed by atoms with van der Waals surface area (Å²) in [5.41, 5.74) is -0.00797. The lowest BCUT2D eigenvalue weighted by molar-refractivity contribution is -0.125. The van der Waals surface area contributed by atoms with E-state index in [1.807, 2.05) is 20.8 Å². The Labute approximate surface area is 182 Å². The van der Waals surface area contributed by atoms with Crippen LogP contribution in [0.25, 0.3) is 0 Å². The first kappa shape index (κ1) is 23.7. The zero-order chi connectivity index (χ0) is 22.5. The van der Waals surface area contributed by atoms with Gasteiger partial charge in [-0.05, 0) is 56.7 Å². The predicted molar refractivity (Wildman–Crippen MR) is 116 cm³/mol. The van der Waals surface area contributed by atoms with Gasteiger partial charge in [0.05, 0.1) is 16.1 Å². The number of esters is 1. The number of anilines is 1. The van der Waals surface area contributed by atoms with Crippen LogP contribution in [0, 0.1) is 0 Å². The molecule has 0 aliphatic rings. The summed E-state index contributed by atoms with van der Waals surface area (Å²) in [4.78, 5) is 24.2. The lowest BCUT2D eigenvalue weighted by Crippen LogP contribution is -2.44. The number of carbonyl (C=O) groups excluding carboxylic acids is 2. The van der Waals surface area contributed by atoms with Crippen molar-refractivity contribution < 1.29 is 22.7 Å². The molecule has 1 N–H and O–H groups in total. The summed E-state index contributed by atoms with van der Waals surface area (Å²) >= 11 is 5.95. The third kappa shape index (κ3) is 5.96. The molecule has 2 aromatic carbocycles. The Bertz CT molecular complexity index is 1040. The first-order valence-electron chi connectivity index (χ1n) is 9.29. The van der Waals surface area contributed by atoms with E-state index in [0.29, 0.717) is 17.1 Å². The molecule has 30 heavy (non-hydrogen) atoms. The molecule has 0 aromatic heterocycles. The molecule has 162 valence electrons. The Hall–Kier alpha value is -2.58. The molecule has 2 rings (SSSR count). The SMILES string of the molecule is CCC(C)(C)NC(=O)COC(=O)c1cccc(S(=O)(=O)N(C)c2cccc(Cl)c2)c1. The van der Waals surface area contributed by atoms with Crippen molar-refractivity contribution in [1.82, 2.24) is 5.32 Å². The Morgan fingerprint density at radius 3 is 2.43 bits per heavy atom. The summed E-state index contributed by atoms with van der Waals surface area (Å²) < 4.78 is 32.0. The molecule has 0 saturated carbocycles. The summed E-state index contributed by atoms with van der Waals surface area (Å²) in [6.45, 7) is 5.19. The second-order valence-electron chi connectivity index (χ2n) is 7.34. The molecular formula is C21H25ClN2O5S. The maximum atomic E-state index is 12.9. The van der Waals surface area contributed by atoms with Crippen LogP contribution in [0.1, 0.15) is 37.6 Å². The number of rotatable bonds is 8. The van der Waals surface area contributed by atoms with Gasteiger partial charge in [-0.2, -0.15) is 0 Å². The maximum absolute atomic E-state index is 12.9. The number of benzene rings is 2. The lowest BCUT2D eigenvalue weighted by Gasteiger charge is -2.24. The van der Waals surface area contributed by atoms with Crippen LogP contribution >= 0.6 is 11.6 Å². The van der Waals surface area contributed by atoms with E-state index in [9.17, 15) is 18.0 Å². The third-order valence-electron chi connectivity index (χ3n) is 4.60. The Morgan fingerprint density at radius 1 is 1.13 bits per heavy atom. The number of hydrogen-bond donors (Lipinski definition) is 1. The number of carbonyl (C=O) groups is 2. The number of nitrogens with one attached hydrogen (secondary N) is 1. The van der Waals surface area contributed by atoms with E-state index in [0.717, 1.165) is 4.31 Å². The second kappa shape index (κ2) is 9.49. The van der Waals surface area contributed by atoms with E-state index in [4.69, 9.17) is 16.3 Å². The number of halogens is 1. The minimum absolute atomic E-state index is 0.0260. The highest BCUT2D eigenvalue weighted by Gasteiger charge is 2.24. The largest absolute Gasteiger partial charge is 0.452 e. The van der Waals surface area contributed by atoms with Gasteiger partial charge in [0, 0.05) is 17.6 Å². The summed E-state index contributed by atoms with van der Waals surface area (Å²) in [5, 5.41) is 3.16. The highest BCUT2D eigenvalue weighted by atomic mass is 35.5. The molecule has 1 amide bonds. The summed E-state index contributed by atoms with van der Waals surface area (Å²) in [6, 6.07) is 11.9. The highest BCUT2D eigenvalue weighted by molar-refractivity contribution is 7.92. The number of ether oxygens (including phenoxy) is 1. The summed E-state index contributed by atoms with van der Waals surface area (Å²) in [6.07, 6.45) is 0.715. The van der Waals surface area contributed by atoms with E-state index >= 15 is 0 Å². The lowest BCUT2D eigenvalue weighted by atomic mass is 10.0. The van der Waals surface area contributed by atoms with Crippen LogP contribution in [0.15, 0.2) is 53.4 Å². The van der Waals surface area contributed by atoms with Crippen LogP contribution in [-0.4, -0.2) is 39.5 Å². The van der Waals surface area contributed by atoms with Gasteiger partial charge in [-0.1, -0.05) is 30.7 Å². The van der Waals surface area contributed by atoms with Gasteiger partial charge in [0.1, 0.15) is 0 Å². The normalized spacial score (nSPS) is 11.6. The quantitative estimate of drug-likeness (QED) is 0.617. The number of nitrogens with zero attached hydrogens (tertiary/aromatic N) is 1. The summed E-state index contributed by atoms with van der Waals surface area (Å²) in [7, 11) is -2.54. The van der Waals surface area contributed by atoms with E-state index in [1.165, 1.54) is 37.4 Å². The first-order chi connectivity index (χ1) is 14.0. The molecule has 0 bridgehead atoms. The molecular weight excluding hydrogens is 428 g/mol. The van der Waals surface area contributed by atoms with Gasteiger partial charge in [0.15, 0.2) is 6.61 Å². The van der Waals surface area contributed by atoms with Crippen molar-refractivity contribution in [3.63, 3.8) is 0 Å². The van der Waals surface area contributed by atoms with Crippen LogP contribution in [-0.2, 0) is 19.6 Å². The Morgan fingerprint density at radius 2 is 1.80 bits per heavy atom. The van der Waals surface area contributed by atoms with Crippen molar-refractivity contribution in [3.8, 4) is 0 Å². The van der Waals surface area contributed by atoms with Gasteiger partial charge < -0.3 is 10.1 Å². The fourth-order valence-corrected chi connectivity index (χ4v) is 3.89. The molecule has 0 aliphatic carbocycles. The minimum Gasteiger partial charge on any atom is -0.452 e. The van der Waals surface area contributed by atoms with Crippen molar-refractivity contribution >= 4 is 39.2 Å².